The van der Waals surface area contributed by atoms with Crippen LogP contribution in [0.15, 0.2) is 251 Å². The Kier molecular flexibility index (Phi) is 9.32. The second-order valence-electron chi connectivity index (χ2n) is 24.7. The van der Waals surface area contributed by atoms with Crippen molar-refractivity contribution in [3.05, 3.63) is 260 Å². The average molecular weight is 1130 g/mol. The normalized spacial score (nSPS) is 13.8. The number of imidazole rings is 1. The number of fused-ring (bicyclic) bond motifs is 16. The van der Waals surface area contributed by atoms with Crippen molar-refractivity contribution < 1.29 is 29.1 Å². The summed E-state index contributed by atoms with van der Waals surface area (Å²) in [6.45, 7) is 12.9. The van der Waals surface area contributed by atoms with Gasteiger partial charge in [-0.25, -0.2) is 4.98 Å². The minimum Gasteiger partial charge on any atom is -0.458 e. The zero-order valence-corrected chi connectivity index (χ0v) is 48.5. The highest BCUT2D eigenvalue weighted by Crippen LogP contribution is 2.49. The van der Waals surface area contributed by atoms with Crippen LogP contribution in [0.2, 0.25) is 0 Å². The molecular formula is C80H58N4O3. The molecule has 17 rings (SSSR count). The number of ether oxygens (including phenoxy) is 1. The van der Waals surface area contributed by atoms with Crippen LogP contribution < -0.4 is 9.30 Å². The SMILES string of the molecule is [2H]c1c([2H])c([2H])c2c(c1[2H])-c1cc(C(C)(C)C)cc(-c3ccc4oc5ccccc5c4c3)c1-[n+]1[c-]n(-c3cccc(Oc4ccc5c6ccccc6n(-c6cc(C(C)(C)C)ccn6)c5c4)c3)c3cc(-c4ccc5oc6ccccc6c5c4)cc(c31)-c1c([2H])c([2H])c([2H])c([2H])c1-2. The molecule has 5 aromatic heterocycles. The highest BCUT2D eigenvalue weighted by Gasteiger charge is 2.30. The van der Waals surface area contributed by atoms with Crippen molar-refractivity contribution in [1.82, 2.24) is 14.1 Å². The fourth-order valence-electron chi connectivity index (χ4n) is 13.0. The number of hydrogen-bond donors (Lipinski definition) is 0. The molecule has 0 N–H and O–H groups in total. The summed E-state index contributed by atoms with van der Waals surface area (Å²) in [6, 6.07) is 58.5. The number of benzene rings is 11. The summed E-state index contributed by atoms with van der Waals surface area (Å²) in [7, 11) is 0. The van der Waals surface area contributed by atoms with Gasteiger partial charge in [-0.2, -0.15) is 0 Å². The van der Waals surface area contributed by atoms with Gasteiger partial charge in [-0.05, 0) is 169 Å². The Labute approximate surface area is 514 Å². The maximum atomic E-state index is 10.2. The molecule has 11 aromatic carbocycles. The molecule has 0 saturated heterocycles. The van der Waals surface area contributed by atoms with E-state index in [0.717, 1.165) is 82.6 Å². The quantitative estimate of drug-likeness (QED) is 0.123. The lowest BCUT2D eigenvalue weighted by Crippen LogP contribution is -2.32. The highest BCUT2D eigenvalue weighted by molar-refractivity contribution is 6.11. The average Bonchev–Trinajstić information content (AvgIpc) is 1.61. The number of hydrogen-bond acceptors (Lipinski definition) is 4. The molecule has 1 aliphatic rings. The first-order chi connectivity index (χ1) is 45.7. The Morgan fingerprint density at radius 1 is 0.437 bits per heavy atom. The smallest absolute Gasteiger partial charge is 0.269 e. The van der Waals surface area contributed by atoms with E-state index >= 15 is 0 Å². The molecule has 0 saturated carbocycles. The van der Waals surface area contributed by atoms with Crippen molar-refractivity contribution in [1.29, 1.82) is 0 Å². The molecule has 0 radical (unpaired) electrons. The molecule has 6 heterocycles. The van der Waals surface area contributed by atoms with Crippen LogP contribution in [0.1, 0.15) is 63.6 Å². The molecule has 7 nitrogen and oxygen atoms in total. The Balaban J connectivity index is 0.986. The van der Waals surface area contributed by atoms with Crippen LogP contribution in [0.5, 0.6) is 11.5 Å². The van der Waals surface area contributed by atoms with Crippen molar-refractivity contribution in [3.8, 4) is 84.3 Å². The molecule has 0 spiro atoms. The Bertz CT molecular complexity index is 6040. The van der Waals surface area contributed by atoms with Crippen LogP contribution in [-0.2, 0) is 10.8 Å². The summed E-state index contributed by atoms with van der Waals surface area (Å²) >= 11 is 0. The predicted molar refractivity (Wildman–Crippen MR) is 355 cm³/mol. The third-order valence-corrected chi connectivity index (χ3v) is 17.3. The molecule has 0 amide bonds. The third kappa shape index (κ3) is 8.10. The first kappa shape index (κ1) is 43.0. The van der Waals surface area contributed by atoms with Gasteiger partial charge in [-0.3, -0.25) is 13.7 Å². The van der Waals surface area contributed by atoms with Gasteiger partial charge in [-0.1, -0.05) is 181 Å². The highest BCUT2D eigenvalue weighted by atomic mass is 16.5. The number of aromatic nitrogens is 4. The van der Waals surface area contributed by atoms with Crippen LogP contribution in [0.3, 0.4) is 0 Å². The third-order valence-electron chi connectivity index (χ3n) is 17.3. The number of pyridine rings is 1. The summed E-state index contributed by atoms with van der Waals surface area (Å²) in [5.41, 5.74) is 11.8. The standard InChI is InChI=1S/C80H58N4O3/c1-79(2,3)51-36-37-81-76(44-51)84-69-27-14-11-24-60(69)61-33-32-55(46-70(61)84)85-54-19-17-18-53(45-54)82-47-83-77-64(49-31-35-75-66(39-49)63-26-13-16-29-73(63)87-75)42-52(80(4,5)6)43-68(77)59-23-10-8-21-57(59)56-20-7-9-22-58(56)67-40-50(41-71(82)78(67)83)48-30-34-74-65(38-48)62-25-12-15-28-72(62)86-74/h7-46H,1-6H3/i7D,8D,9D,10D,20D,21D,22D,23D. The van der Waals surface area contributed by atoms with E-state index in [9.17, 15) is 11.0 Å². The molecule has 7 heteroatoms. The monoisotopic (exact) mass is 1130 g/mol. The van der Waals surface area contributed by atoms with E-state index in [1.54, 1.807) is 0 Å². The maximum Gasteiger partial charge on any atom is 0.269 e. The van der Waals surface area contributed by atoms with Crippen molar-refractivity contribution in [2.24, 2.45) is 0 Å². The summed E-state index contributed by atoms with van der Waals surface area (Å²) in [4.78, 5) is 4.93. The van der Waals surface area contributed by atoms with Crippen molar-refractivity contribution in [2.75, 3.05) is 0 Å². The lowest BCUT2D eigenvalue weighted by Gasteiger charge is -2.26. The van der Waals surface area contributed by atoms with E-state index in [0.29, 0.717) is 67.3 Å². The van der Waals surface area contributed by atoms with Gasteiger partial charge in [0.05, 0.1) is 44.4 Å². The van der Waals surface area contributed by atoms with Gasteiger partial charge in [0.2, 0.25) is 0 Å². The van der Waals surface area contributed by atoms with E-state index < -0.39 is 47.7 Å². The van der Waals surface area contributed by atoms with E-state index in [2.05, 4.69) is 113 Å². The van der Waals surface area contributed by atoms with Gasteiger partial charge in [0.1, 0.15) is 39.6 Å². The Hall–Kier alpha value is -10.8. The van der Waals surface area contributed by atoms with Gasteiger partial charge in [0.25, 0.3) is 6.33 Å². The summed E-state index contributed by atoms with van der Waals surface area (Å²) in [5, 5.41) is 5.68. The molecule has 0 aliphatic carbocycles. The van der Waals surface area contributed by atoms with E-state index in [4.69, 9.17) is 18.6 Å². The van der Waals surface area contributed by atoms with Gasteiger partial charge in [0.15, 0.2) is 0 Å². The van der Waals surface area contributed by atoms with Crippen molar-refractivity contribution >= 4 is 76.7 Å². The van der Waals surface area contributed by atoms with Crippen LogP contribution in [-0.4, -0.2) is 14.1 Å². The summed E-state index contributed by atoms with van der Waals surface area (Å²) < 4.78 is 104. The topological polar surface area (TPSA) is 62.1 Å². The molecule has 16 aromatic rings. The zero-order valence-electron chi connectivity index (χ0n) is 56.5. The zero-order chi connectivity index (χ0) is 65.4. The Morgan fingerprint density at radius 3 is 1.72 bits per heavy atom. The summed E-state index contributed by atoms with van der Waals surface area (Å²) in [5.74, 6) is 1.88. The lowest BCUT2D eigenvalue weighted by molar-refractivity contribution is -0.570. The second kappa shape index (κ2) is 18.9. The second-order valence-corrected chi connectivity index (χ2v) is 24.7. The fourth-order valence-corrected chi connectivity index (χ4v) is 13.0. The first-order valence-corrected chi connectivity index (χ1v) is 29.2. The van der Waals surface area contributed by atoms with Crippen LogP contribution >= 0.6 is 0 Å². The largest absolute Gasteiger partial charge is 0.458 e. The maximum absolute atomic E-state index is 10.2. The molecule has 0 unspecified atom stereocenters. The number of rotatable bonds is 6. The lowest BCUT2D eigenvalue weighted by atomic mass is 9.81. The fraction of sp³-hybridized carbons (Fsp3) is 0.100. The molecule has 1 aliphatic heterocycles. The number of furan rings is 2. The molecule has 87 heavy (non-hydrogen) atoms. The summed E-state index contributed by atoms with van der Waals surface area (Å²) in [6.07, 6.45) is 5.73. The van der Waals surface area contributed by atoms with E-state index in [1.807, 2.05) is 143 Å². The minimum absolute atomic E-state index is 0.0470. The molecule has 416 valence electrons. The van der Waals surface area contributed by atoms with Gasteiger partial charge < -0.3 is 13.6 Å². The van der Waals surface area contributed by atoms with Crippen molar-refractivity contribution in [3.63, 3.8) is 0 Å². The van der Waals surface area contributed by atoms with Crippen LogP contribution in [0, 0.1) is 6.33 Å². The molecule has 0 atom stereocenters. The van der Waals surface area contributed by atoms with E-state index in [1.165, 1.54) is 0 Å². The van der Waals surface area contributed by atoms with Crippen LogP contribution in [0.25, 0.3) is 150 Å². The van der Waals surface area contributed by atoms with Gasteiger partial charge in [0, 0.05) is 44.6 Å². The molecule has 0 fully saturated rings. The van der Waals surface area contributed by atoms with Crippen LogP contribution in [0.4, 0.5) is 0 Å². The number of para-hydroxylation sites is 3. The van der Waals surface area contributed by atoms with Gasteiger partial charge in [-0.15, -0.1) is 0 Å². The molecule has 0 bridgehead atoms. The Morgan fingerprint density at radius 2 is 1.02 bits per heavy atom. The van der Waals surface area contributed by atoms with E-state index in [-0.39, 0.29) is 33.7 Å². The molecular weight excluding hydrogens is 1060 g/mol. The minimum atomic E-state index is -0.555. The first-order valence-electron chi connectivity index (χ1n) is 33.2. The number of nitrogens with zero attached hydrogens (tertiary/aromatic N) is 4. The van der Waals surface area contributed by atoms with Crippen molar-refractivity contribution in [2.45, 2.75) is 52.4 Å². The predicted octanol–water partition coefficient (Wildman–Crippen LogP) is 21.0. The van der Waals surface area contributed by atoms with Gasteiger partial charge >= 0.3 is 0 Å².